The molecule has 5 aromatic carbocycles. The molecular weight excluding hydrogens is 440 g/mol. The van der Waals surface area contributed by atoms with Crippen LogP contribution in [-0.4, -0.2) is 6.17 Å². The van der Waals surface area contributed by atoms with E-state index in [0.29, 0.717) is 0 Å². The van der Waals surface area contributed by atoms with Crippen molar-refractivity contribution < 1.29 is 4.42 Å². The average molecular weight is 465 g/mol. The summed E-state index contributed by atoms with van der Waals surface area (Å²) in [5.41, 5.74) is 6.62. The van der Waals surface area contributed by atoms with Crippen LogP contribution in [0.5, 0.6) is 0 Å². The Kier molecular flexibility index (Phi) is 4.85. The normalized spacial score (nSPS) is 14.5. The summed E-state index contributed by atoms with van der Waals surface area (Å²) in [7, 11) is 0. The van der Waals surface area contributed by atoms with Gasteiger partial charge in [-0.1, -0.05) is 91.0 Å². The summed E-state index contributed by atoms with van der Waals surface area (Å²) in [6.07, 6.45) is 4.28. The van der Waals surface area contributed by atoms with Crippen LogP contribution in [0.15, 0.2) is 132 Å². The summed E-state index contributed by atoms with van der Waals surface area (Å²) in [5, 5.41) is 7.22. The van der Waals surface area contributed by atoms with Gasteiger partial charge in [0.05, 0.1) is 0 Å². The first-order chi connectivity index (χ1) is 17.8. The summed E-state index contributed by atoms with van der Waals surface area (Å²) in [5.74, 6) is 0.801. The average Bonchev–Trinajstić information content (AvgIpc) is 3.32. The van der Waals surface area contributed by atoms with Crippen LogP contribution in [0.1, 0.15) is 5.56 Å². The third-order valence-corrected chi connectivity index (χ3v) is 6.90. The molecule has 1 N–H and O–H groups in total. The predicted octanol–water partition coefficient (Wildman–Crippen LogP) is 8.86. The maximum Gasteiger partial charge on any atom is 0.203 e. The van der Waals surface area contributed by atoms with E-state index in [-0.39, 0.29) is 6.17 Å². The van der Waals surface area contributed by atoms with Crippen LogP contribution >= 0.6 is 0 Å². The molecule has 3 heteroatoms. The summed E-state index contributed by atoms with van der Waals surface area (Å²) < 4.78 is 6.20. The second kappa shape index (κ2) is 8.47. The zero-order chi connectivity index (χ0) is 23.9. The van der Waals surface area contributed by atoms with Gasteiger partial charge in [-0.05, 0) is 64.4 Å². The van der Waals surface area contributed by atoms with Gasteiger partial charge in [0.1, 0.15) is 11.7 Å². The monoisotopic (exact) mass is 464 g/mol. The Labute approximate surface area is 209 Å². The summed E-state index contributed by atoms with van der Waals surface area (Å²) in [4.78, 5) is 2.33. The number of nitrogens with one attached hydrogen (secondary N) is 1. The van der Waals surface area contributed by atoms with E-state index in [1.165, 1.54) is 21.9 Å². The lowest BCUT2D eigenvalue weighted by molar-refractivity contribution is 0.616. The van der Waals surface area contributed by atoms with Crippen molar-refractivity contribution in [2.75, 3.05) is 10.2 Å². The number of hydrogen-bond donors (Lipinski definition) is 1. The Morgan fingerprint density at radius 1 is 0.611 bits per heavy atom. The van der Waals surface area contributed by atoms with Gasteiger partial charge in [0.25, 0.3) is 0 Å². The highest BCUT2D eigenvalue weighted by atomic mass is 16.4. The van der Waals surface area contributed by atoms with E-state index >= 15 is 0 Å². The summed E-state index contributed by atoms with van der Waals surface area (Å²) in [6, 6.07) is 42.6. The van der Waals surface area contributed by atoms with Gasteiger partial charge < -0.3 is 14.6 Å². The molecule has 0 saturated carbocycles. The van der Waals surface area contributed by atoms with Crippen molar-refractivity contribution in [2.45, 2.75) is 6.17 Å². The number of hydrogen-bond acceptors (Lipinski definition) is 3. The fraction of sp³-hybridized carbons (Fsp3) is 0.0303. The Balaban J connectivity index is 1.32. The Morgan fingerprint density at radius 3 is 2.17 bits per heavy atom. The number of furan rings is 1. The summed E-state index contributed by atoms with van der Waals surface area (Å²) in [6.45, 7) is 0. The molecular formula is C33H24N2O. The molecule has 7 rings (SSSR count). The zero-order valence-corrected chi connectivity index (χ0v) is 19.6. The molecule has 1 aromatic heterocycles. The lowest BCUT2D eigenvalue weighted by Crippen LogP contribution is -2.37. The van der Waals surface area contributed by atoms with Crippen molar-refractivity contribution in [3.05, 3.63) is 133 Å². The van der Waals surface area contributed by atoms with Crippen molar-refractivity contribution in [1.29, 1.82) is 0 Å². The molecule has 0 fully saturated rings. The number of anilines is 3. The molecule has 0 saturated heterocycles. The highest BCUT2D eigenvalue weighted by Crippen LogP contribution is 2.38. The van der Waals surface area contributed by atoms with E-state index < -0.39 is 0 Å². The van der Waals surface area contributed by atoms with Crippen molar-refractivity contribution in [1.82, 2.24) is 0 Å². The van der Waals surface area contributed by atoms with Crippen LogP contribution in [0.3, 0.4) is 0 Å². The zero-order valence-electron chi connectivity index (χ0n) is 19.6. The van der Waals surface area contributed by atoms with Crippen LogP contribution in [0, 0.1) is 0 Å². The van der Waals surface area contributed by atoms with E-state index in [9.17, 15) is 0 Å². The molecule has 0 amide bonds. The Morgan fingerprint density at radius 2 is 1.31 bits per heavy atom. The minimum absolute atomic E-state index is 0.109. The second-order valence-electron chi connectivity index (χ2n) is 9.10. The number of nitrogens with zero attached hydrogens (tertiary/aromatic N) is 1. The molecule has 3 nitrogen and oxygen atoms in total. The molecule has 1 unspecified atom stereocenters. The third-order valence-electron chi connectivity index (χ3n) is 6.90. The fourth-order valence-electron chi connectivity index (χ4n) is 5.10. The largest absolute Gasteiger partial charge is 0.440 e. The predicted molar refractivity (Wildman–Crippen MR) is 151 cm³/mol. The van der Waals surface area contributed by atoms with E-state index in [1.54, 1.807) is 0 Å². The number of para-hydroxylation sites is 1. The van der Waals surface area contributed by atoms with Crippen molar-refractivity contribution in [2.24, 2.45) is 0 Å². The first-order valence-corrected chi connectivity index (χ1v) is 12.2. The van der Waals surface area contributed by atoms with Gasteiger partial charge in [0.15, 0.2) is 0 Å². The van der Waals surface area contributed by atoms with Gasteiger partial charge in [0, 0.05) is 22.3 Å². The molecule has 1 atom stereocenters. The van der Waals surface area contributed by atoms with E-state index in [0.717, 1.165) is 33.8 Å². The van der Waals surface area contributed by atoms with Crippen LogP contribution in [0.25, 0.3) is 38.9 Å². The molecule has 1 aliphatic rings. The van der Waals surface area contributed by atoms with Crippen molar-refractivity contribution in [3.8, 4) is 11.1 Å². The van der Waals surface area contributed by atoms with E-state index in [1.807, 2.05) is 24.3 Å². The quantitative estimate of drug-likeness (QED) is 0.282. The fourth-order valence-corrected chi connectivity index (χ4v) is 5.10. The van der Waals surface area contributed by atoms with Crippen LogP contribution in [-0.2, 0) is 0 Å². The highest BCUT2D eigenvalue weighted by Gasteiger charge is 2.25. The molecule has 0 bridgehead atoms. The summed E-state index contributed by atoms with van der Waals surface area (Å²) >= 11 is 0. The van der Waals surface area contributed by atoms with Gasteiger partial charge in [0.2, 0.25) is 5.88 Å². The molecule has 36 heavy (non-hydrogen) atoms. The molecule has 0 spiro atoms. The van der Waals surface area contributed by atoms with Crippen LogP contribution in [0.4, 0.5) is 17.3 Å². The first-order valence-electron chi connectivity index (χ1n) is 12.2. The van der Waals surface area contributed by atoms with Crippen LogP contribution in [0.2, 0.25) is 0 Å². The highest BCUT2D eigenvalue weighted by molar-refractivity contribution is 5.94. The smallest absolute Gasteiger partial charge is 0.203 e. The number of benzene rings is 5. The van der Waals surface area contributed by atoms with Gasteiger partial charge in [-0.2, -0.15) is 0 Å². The van der Waals surface area contributed by atoms with Gasteiger partial charge >= 0.3 is 0 Å². The molecule has 0 radical (unpaired) electrons. The van der Waals surface area contributed by atoms with Crippen LogP contribution < -0.4 is 10.2 Å². The number of rotatable bonds is 4. The minimum atomic E-state index is -0.109. The second-order valence-corrected chi connectivity index (χ2v) is 9.10. The van der Waals surface area contributed by atoms with Crippen molar-refractivity contribution in [3.63, 3.8) is 0 Å². The lowest BCUT2D eigenvalue weighted by atomic mass is 10.0. The first kappa shape index (κ1) is 20.6. The molecule has 172 valence electrons. The molecule has 6 aromatic rings. The standard InChI is InChI=1S/C33H24N2O/c1-2-8-23(9-3-1)25-14-17-27(18-15-25)35(28-19-16-24-10-4-5-11-26(24)22-28)32-21-20-30-29-12-6-7-13-31(29)36-33(30)34-32/h1-22,32,34H. The molecule has 2 heterocycles. The third kappa shape index (κ3) is 3.53. The van der Waals surface area contributed by atoms with Gasteiger partial charge in [-0.15, -0.1) is 0 Å². The maximum absolute atomic E-state index is 6.20. The Bertz CT molecular complexity index is 1710. The number of fused-ring (bicyclic) bond motifs is 4. The van der Waals surface area contributed by atoms with Gasteiger partial charge in [-0.25, -0.2) is 0 Å². The maximum atomic E-state index is 6.20. The topological polar surface area (TPSA) is 28.4 Å². The van der Waals surface area contributed by atoms with Gasteiger partial charge in [-0.3, -0.25) is 0 Å². The minimum Gasteiger partial charge on any atom is -0.440 e. The van der Waals surface area contributed by atoms with Crippen molar-refractivity contribution >= 4 is 45.1 Å². The lowest BCUT2D eigenvalue weighted by Gasteiger charge is -2.34. The Hall–Kier alpha value is -4.76. The molecule has 1 aliphatic heterocycles. The molecule has 0 aliphatic carbocycles. The van der Waals surface area contributed by atoms with E-state index in [2.05, 4.69) is 119 Å². The SMILES string of the molecule is C1=CC(N(c2ccc(-c3ccccc3)cc2)c2ccc3ccccc3c2)Nc2oc3ccccc3c21. The van der Waals surface area contributed by atoms with E-state index in [4.69, 9.17) is 4.42 Å².